The summed E-state index contributed by atoms with van der Waals surface area (Å²) in [6, 6.07) is 4.86. The van der Waals surface area contributed by atoms with Crippen LogP contribution in [0.4, 0.5) is 4.39 Å². The number of halogens is 1. The van der Waals surface area contributed by atoms with Crippen LogP contribution in [0.25, 0.3) is 0 Å². The van der Waals surface area contributed by atoms with Crippen molar-refractivity contribution in [2.45, 2.75) is 25.4 Å². The van der Waals surface area contributed by atoms with Crippen LogP contribution in [0.5, 0.6) is 0 Å². The molecule has 1 N–H and O–H groups in total. The topological polar surface area (TPSA) is 66.1 Å². The zero-order chi connectivity index (χ0) is 13.2. The van der Waals surface area contributed by atoms with Gasteiger partial charge >= 0.3 is 0 Å². The highest BCUT2D eigenvalue weighted by Crippen LogP contribution is 2.45. The number of ether oxygens (including phenoxy) is 1. The number of nitriles is 1. The lowest BCUT2D eigenvalue weighted by atomic mass is 9.67. The fourth-order valence-corrected chi connectivity index (χ4v) is 2.34. The molecule has 1 atom stereocenters. The number of hydrogen-bond donors (Lipinski definition) is 1. The maximum absolute atomic E-state index is 12.9. The van der Waals surface area contributed by atoms with Gasteiger partial charge in [0.15, 0.2) is 0 Å². The van der Waals surface area contributed by atoms with Gasteiger partial charge in [0.05, 0.1) is 23.4 Å². The Balaban J connectivity index is 2.39. The molecular formula is C13H15FN2O2. The summed E-state index contributed by atoms with van der Waals surface area (Å²) in [5, 5.41) is 20.1. The summed E-state index contributed by atoms with van der Waals surface area (Å²) in [6.07, 6.45) is 1.93. The molecule has 0 amide bonds. The van der Waals surface area contributed by atoms with E-state index in [2.05, 4.69) is 11.1 Å². The highest BCUT2D eigenvalue weighted by atomic mass is 19.1. The molecule has 5 heteroatoms. The minimum Gasteiger partial charge on any atom is -0.382 e. The second-order valence-electron chi connectivity index (χ2n) is 4.74. The molecule has 4 nitrogen and oxygen atoms in total. The fourth-order valence-electron chi connectivity index (χ4n) is 2.34. The average Bonchev–Trinajstić information content (AvgIpc) is 2.40. The minimum atomic E-state index is -1.42. The van der Waals surface area contributed by atoms with Crippen molar-refractivity contribution in [2.24, 2.45) is 5.41 Å². The molecule has 1 aliphatic rings. The van der Waals surface area contributed by atoms with Gasteiger partial charge in [-0.15, -0.1) is 0 Å². The molecular weight excluding hydrogens is 235 g/mol. The van der Waals surface area contributed by atoms with Gasteiger partial charge in [-0.2, -0.15) is 5.26 Å². The Hall–Kier alpha value is -1.51. The lowest BCUT2D eigenvalue weighted by Crippen LogP contribution is -2.46. The van der Waals surface area contributed by atoms with Crippen LogP contribution >= 0.6 is 0 Å². The number of aliphatic hydroxyl groups is 1. The van der Waals surface area contributed by atoms with Crippen LogP contribution < -0.4 is 0 Å². The molecule has 0 bridgehead atoms. The Morgan fingerprint density at radius 2 is 2.17 bits per heavy atom. The summed E-state index contributed by atoms with van der Waals surface area (Å²) in [5.74, 6) is -0.465. The van der Waals surface area contributed by atoms with E-state index in [-0.39, 0.29) is 0 Å². The zero-order valence-corrected chi connectivity index (χ0v) is 10.2. The van der Waals surface area contributed by atoms with Gasteiger partial charge in [0, 0.05) is 13.2 Å². The van der Waals surface area contributed by atoms with Crippen molar-refractivity contribution in [1.29, 1.82) is 5.26 Å². The third kappa shape index (κ3) is 1.98. The number of pyridine rings is 1. The Morgan fingerprint density at radius 3 is 2.67 bits per heavy atom. The Bertz CT molecular complexity index is 459. The standard InChI is InChI=1S/C13H15FN2O2/c1-12(17,11-3-2-10(14)8-16-11)13(9-15)4-6-18-7-5-13/h2-3,8,17H,4-7H2,1H3. The molecule has 1 saturated heterocycles. The van der Waals surface area contributed by atoms with Crippen molar-refractivity contribution in [3.05, 3.63) is 29.8 Å². The monoisotopic (exact) mass is 250 g/mol. The molecule has 0 radical (unpaired) electrons. The Morgan fingerprint density at radius 1 is 1.50 bits per heavy atom. The van der Waals surface area contributed by atoms with E-state index in [1.807, 2.05) is 0 Å². The van der Waals surface area contributed by atoms with Gasteiger partial charge in [-0.3, -0.25) is 4.98 Å². The van der Waals surface area contributed by atoms with Crippen molar-refractivity contribution in [2.75, 3.05) is 13.2 Å². The van der Waals surface area contributed by atoms with Crippen LogP contribution in [-0.2, 0) is 10.3 Å². The minimum absolute atomic E-state index is 0.312. The van der Waals surface area contributed by atoms with Crippen LogP contribution in [0.2, 0.25) is 0 Å². The summed E-state index contributed by atoms with van der Waals surface area (Å²) in [7, 11) is 0. The molecule has 0 aliphatic carbocycles. The molecule has 1 fully saturated rings. The number of nitrogens with zero attached hydrogens (tertiary/aromatic N) is 2. The van der Waals surface area contributed by atoms with Gasteiger partial charge in [-0.05, 0) is 31.9 Å². The number of rotatable bonds is 2. The molecule has 1 aromatic heterocycles. The quantitative estimate of drug-likeness (QED) is 0.868. The first-order valence-corrected chi connectivity index (χ1v) is 5.85. The molecule has 1 aliphatic heterocycles. The van der Waals surface area contributed by atoms with Crippen LogP contribution in [-0.4, -0.2) is 23.3 Å². The molecule has 0 aromatic carbocycles. The van der Waals surface area contributed by atoms with Crippen molar-refractivity contribution in [3.8, 4) is 6.07 Å². The molecule has 1 aromatic rings. The zero-order valence-electron chi connectivity index (χ0n) is 10.2. The molecule has 2 rings (SSSR count). The number of hydrogen-bond acceptors (Lipinski definition) is 4. The van der Waals surface area contributed by atoms with E-state index >= 15 is 0 Å². The van der Waals surface area contributed by atoms with Crippen LogP contribution in [0.1, 0.15) is 25.5 Å². The summed E-state index contributed by atoms with van der Waals surface area (Å²) in [6.45, 7) is 2.43. The van der Waals surface area contributed by atoms with E-state index in [9.17, 15) is 14.8 Å². The lowest BCUT2D eigenvalue weighted by Gasteiger charge is -2.42. The van der Waals surface area contributed by atoms with E-state index < -0.39 is 16.8 Å². The summed E-state index contributed by atoms with van der Waals surface area (Å²) < 4.78 is 18.1. The van der Waals surface area contributed by atoms with Crippen molar-refractivity contribution in [1.82, 2.24) is 4.98 Å². The molecule has 0 saturated carbocycles. The first kappa shape index (κ1) is 12.9. The van der Waals surface area contributed by atoms with Crippen LogP contribution in [0.15, 0.2) is 18.3 Å². The Labute approximate surface area is 105 Å². The second kappa shape index (κ2) is 4.63. The van der Waals surface area contributed by atoms with E-state index in [0.717, 1.165) is 6.20 Å². The maximum Gasteiger partial charge on any atom is 0.141 e. The van der Waals surface area contributed by atoms with Gasteiger partial charge in [0.1, 0.15) is 11.4 Å². The fraction of sp³-hybridized carbons (Fsp3) is 0.538. The maximum atomic E-state index is 12.9. The number of aromatic nitrogens is 1. The predicted octanol–water partition coefficient (Wildman–Crippen LogP) is 1.75. The first-order valence-electron chi connectivity index (χ1n) is 5.85. The molecule has 18 heavy (non-hydrogen) atoms. The third-order valence-electron chi connectivity index (χ3n) is 3.72. The summed E-state index contributed by atoms with van der Waals surface area (Å²) >= 11 is 0. The average molecular weight is 250 g/mol. The van der Waals surface area contributed by atoms with Gasteiger partial charge < -0.3 is 9.84 Å². The smallest absolute Gasteiger partial charge is 0.141 e. The molecule has 0 spiro atoms. The van der Waals surface area contributed by atoms with E-state index in [1.165, 1.54) is 12.1 Å². The SMILES string of the molecule is CC(O)(c1ccc(F)cn1)C1(C#N)CCOCC1. The largest absolute Gasteiger partial charge is 0.382 e. The van der Waals surface area contributed by atoms with Crippen LogP contribution in [0.3, 0.4) is 0 Å². The van der Waals surface area contributed by atoms with Crippen molar-refractivity contribution in [3.63, 3.8) is 0 Å². The highest BCUT2D eigenvalue weighted by molar-refractivity contribution is 5.22. The second-order valence-corrected chi connectivity index (χ2v) is 4.74. The third-order valence-corrected chi connectivity index (χ3v) is 3.72. The van der Waals surface area contributed by atoms with Crippen molar-refractivity contribution >= 4 is 0 Å². The summed E-state index contributed by atoms with van der Waals surface area (Å²) in [5.41, 5.74) is -2.04. The molecule has 96 valence electrons. The van der Waals surface area contributed by atoms with Crippen molar-refractivity contribution < 1.29 is 14.2 Å². The van der Waals surface area contributed by atoms with E-state index in [0.29, 0.717) is 31.7 Å². The lowest BCUT2D eigenvalue weighted by molar-refractivity contribution is -0.0999. The van der Waals surface area contributed by atoms with Gasteiger partial charge in [0.25, 0.3) is 0 Å². The normalized spacial score (nSPS) is 21.9. The highest BCUT2D eigenvalue weighted by Gasteiger charge is 2.50. The van der Waals surface area contributed by atoms with Gasteiger partial charge in [-0.1, -0.05) is 0 Å². The van der Waals surface area contributed by atoms with Gasteiger partial charge in [0.2, 0.25) is 0 Å². The summed E-state index contributed by atoms with van der Waals surface area (Å²) in [4.78, 5) is 3.90. The van der Waals surface area contributed by atoms with Crippen LogP contribution in [0, 0.1) is 22.6 Å². The Kier molecular flexibility index (Phi) is 3.33. The van der Waals surface area contributed by atoms with Gasteiger partial charge in [-0.25, -0.2) is 4.39 Å². The molecule has 1 unspecified atom stereocenters. The predicted molar refractivity (Wildman–Crippen MR) is 61.9 cm³/mol. The van der Waals surface area contributed by atoms with E-state index in [1.54, 1.807) is 6.92 Å². The van der Waals surface area contributed by atoms with E-state index in [4.69, 9.17) is 4.74 Å². The first-order chi connectivity index (χ1) is 8.52. The molecule has 2 heterocycles.